The first-order valence-electron chi connectivity index (χ1n) is 7.03. The highest BCUT2D eigenvalue weighted by molar-refractivity contribution is 5.44. The lowest BCUT2D eigenvalue weighted by molar-refractivity contribution is 0.229. The Balaban J connectivity index is 1.79. The van der Waals surface area contributed by atoms with E-state index in [-0.39, 0.29) is 5.82 Å². The van der Waals surface area contributed by atoms with E-state index in [9.17, 15) is 4.39 Å². The van der Waals surface area contributed by atoms with Crippen LogP contribution in [0.5, 0.6) is 0 Å². The van der Waals surface area contributed by atoms with Crippen LogP contribution in [-0.2, 0) is 0 Å². The Kier molecular flexibility index (Phi) is 3.50. The molecule has 6 heteroatoms. The number of halogens is 1. The molecule has 0 saturated carbocycles. The molecule has 0 amide bonds. The molecule has 3 heterocycles. The molecule has 0 bridgehead atoms. The van der Waals surface area contributed by atoms with Crippen LogP contribution in [-0.4, -0.2) is 53.6 Å². The van der Waals surface area contributed by atoms with Crippen molar-refractivity contribution in [3.05, 3.63) is 12.0 Å². The SMILES string of the molecule is CCNc1ncc(F)c(N2CCN3CCCC3C2)n1. The Morgan fingerprint density at radius 2 is 2.32 bits per heavy atom. The highest BCUT2D eigenvalue weighted by atomic mass is 19.1. The lowest BCUT2D eigenvalue weighted by Crippen LogP contribution is -2.50. The molecule has 1 atom stereocenters. The van der Waals surface area contributed by atoms with E-state index in [0.717, 1.165) is 26.2 Å². The number of nitrogens with one attached hydrogen (secondary N) is 1. The maximum absolute atomic E-state index is 13.9. The summed E-state index contributed by atoms with van der Waals surface area (Å²) in [5.41, 5.74) is 0. The molecule has 0 radical (unpaired) electrons. The van der Waals surface area contributed by atoms with E-state index in [1.807, 2.05) is 6.92 Å². The largest absolute Gasteiger partial charge is 0.354 e. The quantitative estimate of drug-likeness (QED) is 0.893. The van der Waals surface area contributed by atoms with Crippen LogP contribution in [0.3, 0.4) is 0 Å². The van der Waals surface area contributed by atoms with Crippen LogP contribution >= 0.6 is 0 Å². The van der Waals surface area contributed by atoms with E-state index < -0.39 is 0 Å². The number of aromatic nitrogens is 2. The molecule has 5 nitrogen and oxygen atoms in total. The Hall–Kier alpha value is -1.43. The van der Waals surface area contributed by atoms with Crippen molar-refractivity contribution in [2.75, 3.05) is 42.9 Å². The molecular formula is C13H20FN5. The van der Waals surface area contributed by atoms with E-state index in [1.54, 1.807) is 0 Å². The second kappa shape index (κ2) is 5.28. The minimum absolute atomic E-state index is 0.326. The van der Waals surface area contributed by atoms with Crippen molar-refractivity contribution < 1.29 is 4.39 Å². The summed E-state index contributed by atoms with van der Waals surface area (Å²) >= 11 is 0. The molecule has 1 aromatic rings. The Labute approximate surface area is 112 Å². The topological polar surface area (TPSA) is 44.3 Å². The summed E-state index contributed by atoms with van der Waals surface area (Å²) < 4.78 is 13.9. The fraction of sp³-hybridized carbons (Fsp3) is 0.692. The van der Waals surface area contributed by atoms with Gasteiger partial charge in [0.15, 0.2) is 11.6 Å². The van der Waals surface area contributed by atoms with Crippen molar-refractivity contribution in [3.8, 4) is 0 Å². The fourth-order valence-electron chi connectivity index (χ4n) is 3.01. The van der Waals surface area contributed by atoms with Gasteiger partial charge in [-0.1, -0.05) is 0 Å². The number of piperazine rings is 1. The highest BCUT2D eigenvalue weighted by Crippen LogP contribution is 2.26. The van der Waals surface area contributed by atoms with Crippen molar-refractivity contribution in [1.82, 2.24) is 14.9 Å². The first-order valence-corrected chi connectivity index (χ1v) is 7.03. The second-order valence-electron chi connectivity index (χ2n) is 5.17. The maximum Gasteiger partial charge on any atom is 0.224 e. The number of fused-ring (bicyclic) bond motifs is 1. The van der Waals surface area contributed by atoms with Gasteiger partial charge in [-0.25, -0.2) is 9.37 Å². The number of rotatable bonds is 3. The van der Waals surface area contributed by atoms with Gasteiger partial charge in [-0.05, 0) is 26.3 Å². The molecule has 2 aliphatic rings. The van der Waals surface area contributed by atoms with Crippen LogP contribution in [0.1, 0.15) is 19.8 Å². The maximum atomic E-state index is 13.9. The Morgan fingerprint density at radius 3 is 3.16 bits per heavy atom. The summed E-state index contributed by atoms with van der Waals surface area (Å²) in [5, 5.41) is 3.03. The van der Waals surface area contributed by atoms with Gasteiger partial charge < -0.3 is 10.2 Å². The number of anilines is 2. The van der Waals surface area contributed by atoms with Crippen LogP contribution in [0.2, 0.25) is 0 Å². The molecule has 0 aromatic carbocycles. The Morgan fingerprint density at radius 1 is 1.42 bits per heavy atom. The van der Waals surface area contributed by atoms with Crippen LogP contribution in [0.15, 0.2) is 6.20 Å². The molecule has 1 unspecified atom stereocenters. The van der Waals surface area contributed by atoms with Crippen LogP contribution in [0.4, 0.5) is 16.2 Å². The average Bonchev–Trinajstić information content (AvgIpc) is 2.88. The van der Waals surface area contributed by atoms with Gasteiger partial charge in [-0.3, -0.25) is 4.90 Å². The summed E-state index contributed by atoms with van der Waals surface area (Å²) in [6, 6.07) is 0.561. The number of hydrogen-bond donors (Lipinski definition) is 1. The first kappa shape index (κ1) is 12.6. The summed E-state index contributed by atoms with van der Waals surface area (Å²) in [5.74, 6) is 0.623. The van der Waals surface area contributed by atoms with Gasteiger partial charge in [0.25, 0.3) is 0 Å². The normalized spacial score (nSPS) is 23.5. The van der Waals surface area contributed by atoms with Gasteiger partial charge in [0.1, 0.15) is 0 Å². The summed E-state index contributed by atoms with van der Waals surface area (Å²) in [4.78, 5) is 12.8. The van der Waals surface area contributed by atoms with Gasteiger partial charge in [0.05, 0.1) is 6.20 Å². The average molecular weight is 265 g/mol. The number of hydrogen-bond acceptors (Lipinski definition) is 5. The molecule has 3 rings (SSSR count). The molecule has 19 heavy (non-hydrogen) atoms. The predicted molar refractivity (Wildman–Crippen MR) is 73.0 cm³/mol. The molecular weight excluding hydrogens is 245 g/mol. The highest BCUT2D eigenvalue weighted by Gasteiger charge is 2.32. The van der Waals surface area contributed by atoms with Crippen molar-refractivity contribution in [1.29, 1.82) is 0 Å². The smallest absolute Gasteiger partial charge is 0.224 e. The second-order valence-corrected chi connectivity index (χ2v) is 5.17. The van der Waals surface area contributed by atoms with Crippen molar-refractivity contribution in [2.24, 2.45) is 0 Å². The van der Waals surface area contributed by atoms with E-state index >= 15 is 0 Å². The lowest BCUT2D eigenvalue weighted by Gasteiger charge is -2.38. The summed E-state index contributed by atoms with van der Waals surface area (Å²) in [6.07, 6.45) is 3.73. The van der Waals surface area contributed by atoms with Gasteiger partial charge in [0, 0.05) is 32.2 Å². The van der Waals surface area contributed by atoms with Crippen LogP contribution in [0, 0.1) is 5.82 Å². The van der Waals surface area contributed by atoms with Crippen molar-refractivity contribution >= 4 is 11.8 Å². The first-order chi connectivity index (χ1) is 9.28. The molecule has 0 aliphatic carbocycles. The third-order valence-electron chi connectivity index (χ3n) is 3.95. The van der Waals surface area contributed by atoms with Crippen molar-refractivity contribution in [2.45, 2.75) is 25.8 Å². The molecule has 1 N–H and O–H groups in total. The number of nitrogens with zero attached hydrogens (tertiary/aromatic N) is 4. The third-order valence-corrected chi connectivity index (χ3v) is 3.95. The van der Waals surface area contributed by atoms with Crippen LogP contribution < -0.4 is 10.2 Å². The molecule has 2 aliphatic heterocycles. The summed E-state index contributed by atoms with van der Waals surface area (Å²) in [7, 11) is 0. The predicted octanol–water partition coefficient (Wildman–Crippen LogP) is 1.33. The molecule has 1 aromatic heterocycles. The van der Waals surface area contributed by atoms with E-state index in [2.05, 4.69) is 25.1 Å². The summed E-state index contributed by atoms with van der Waals surface area (Å²) in [6.45, 7) is 6.62. The van der Waals surface area contributed by atoms with Crippen LogP contribution in [0.25, 0.3) is 0 Å². The van der Waals surface area contributed by atoms with E-state index in [4.69, 9.17) is 0 Å². The zero-order chi connectivity index (χ0) is 13.2. The minimum atomic E-state index is -0.326. The fourth-order valence-corrected chi connectivity index (χ4v) is 3.01. The van der Waals surface area contributed by atoms with Gasteiger partial charge in [-0.2, -0.15) is 4.98 Å². The van der Waals surface area contributed by atoms with Gasteiger partial charge in [-0.15, -0.1) is 0 Å². The minimum Gasteiger partial charge on any atom is -0.354 e. The Bertz CT molecular complexity index is 453. The molecule has 2 fully saturated rings. The van der Waals surface area contributed by atoms with E-state index in [0.29, 0.717) is 17.8 Å². The zero-order valence-electron chi connectivity index (χ0n) is 11.3. The van der Waals surface area contributed by atoms with E-state index in [1.165, 1.54) is 25.6 Å². The van der Waals surface area contributed by atoms with Gasteiger partial charge >= 0.3 is 0 Å². The third kappa shape index (κ3) is 2.49. The molecule has 0 spiro atoms. The monoisotopic (exact) mass is 265 g/mol. The molecule has 104 valence electrons. The standard InChI is InChI=1S/C13H20FN5/c1-2-15-13-16-8-11(14)12(17-13)19-7-6-18-5-3-4-10(18)9-19/h8,10H,2-7,9H2,1H3,(H,15,16,17). The lowest BCUT2D eigenvalue weighted by atomic mass is 10.1. The van der Waals surface area contributed by atoms with Crippen molar-refractivity contribution in [3.63, 3.8) is 0 Å². The zero-order valence-corrected chi connectivity index (χ0v) is 11.3. The van der Waals surface area contributed by atoms with Gasteiger partial charge in [0.2, 0.25) is 5.95 Å². The molecule has 2 saturated heterocycles.